The Bertz CT molecular complexity index is 1030. The summed E-state index contributed by atoms with van der Waals surface area (Å²) in [5.41, 5.74) is 1.06. The summed E-state index contributed by atoms with van der Waals surface area (Å²) in [7, 11) is 3.08. The molecule has 1 unspecified atom stereocenters. The molecule has 0 aliphatic carbocycles. The molecule has 1 N–H and O–H groups in total. The standard InChI is InChI=1S/C23H23NO7/c1-28-10-9-24-20(14-3-6-16(29-2)7-4-14)19(22(26)23(24)27)21(25)15-5-8-17-18(13-15)31-12-11-30-17/h3-8,13,20,25H,9-12H2,1-2H3. The van der Waals surface area contributed by atoms with E-state index in [1.807, 2.05) is 0 Å². The molecule has 2 aliphatic rings. The number of ketones is 1. The van der Waals surface area contributed by atoms with Crippen LogP contribution in [0.4, 0.5) is 0 Å². The number of Topliss-reactive ketones (excluding diaryl/α,β-unsaturated/α-hetero) is 1. The Hall–Kier alpha value is -3.52. The summed E-state index contributed by atoms with van der Waals surface area (Å²) in [6.07, 6.45) is 0. The minimum Gasteiger partial charge on any atom is -0.507 e. The first-order chi connectivity index (χ1) is 15.0. The number of rotatable bonds is 6. The SMILES string of the molecule is COCCN1C(=O)C(=O)C(=C(O)c2ccc3c(c2)OCCO3)C1c1ccc(OC)cc1. The molecule has 0 bridgehead atoms. The molecule has 31 heavy (non-hydrogen) atoms. The third-order valence-electron chi connectivity index (χ3n) is 5.32. The third-order valence-corrected chi connectivity index (χ3v) is 5.32. The Morgan fingerprint density at radius 3 is 2.45 bits per heavy atom. The molecule has 162 valence electrons. The number of aliphatic hydroxyl groups excluding tert-OH is 1. The van der Waals surface area contributed by atoms with E-state index in [9.17, 15) is 14.7 Å². The van der Waals surface area contributed by atoms with Crippen molar-refractivity contribution in [3.63, 3.8) is 0 Å². The van der Waals surface area contributed by atoms with Gasteiger partial charge in [0.1, 0.15) is 24.7 Å². The van der Waals surface area contributed by atoms with Crippen molar-refractivity contribution in [2.24, 2.45) is 0 Å². The normalized spacial score (nSPS) is 19.5. The van der Waals surface area contributed by atoms with Crippen molar-refractivity contribution >= 4 is 17.4 Å². The third kappa shape index (κ3) is 3.82. The molecule has 1 amide bonds. The lowest BCUT2D eigenvalue weighted by Gasteiger charge is -2.25. The quantitative estimate of drug-likeness (QED) is 0.432. The van der Waals surface area contributed by atoms with Gasteiger partial charge in [0.25, 0.3) is 11.7 Å². The number of likely N-dealkylation sites (tertiary alicyclic amines) is 1. The molecule has 2 aromatic rings. The average Bonchev–Trinajstić information content (AvgIpc) is 3.06. The van der Waals surface area contributed by atoms with Crippen LogP contribution in [0.5, 0.6) is 17.2 Å². The van der Waals surface area contributed by atoms with Gasteiger partial charge in [0.05, 0.1) is 25.3 Å². The van der Waals surface area contributed by atoms with Crippen LogP contribution in [0.2, 0.25) is 0 Å². The number of carbonyl (C=O) groups excluding carboxylic acids is 2. The Morgan fingerprint density at radius 1 is 1.06 bits per heavy atom. The number of benzene rings is 2. The van der Waals surface area contributed by atoms with E-state index < -0.39 is 17.7 Å². The molecule has 0 aromatic heterocycles. The molecular weight excluding hydrogens is 402 g/mol. The number of fused-ring (bicyclic) bond motifs is 1. The smallest absolute Gasteiger partial charge is 0.295 e. The van der Waals surface area contributed by atoms with Crippen molar-refractivity contribution in [1.29, 1.82) is 0 Å². The summed E-state index contributed by atoms with van der Waals surface area (Å²) in [6.45, 7) is 1.30. The number of hydrogen-bond acceptors (Lipinski definition) is 7. The van der Waals surface area contributed by atoms with Gasteiger partial charge >= 0.3 is 0 Å². The van der Waals surface area contributed by atoms with Gasteiger partial charge in [-0.15, -0.1) is 0 Å². The number of hydrogen-bond donors (Lipinski definition) is 1. The zero-order valence-electron chi connectivity index (χ0n) is 17.3. The molecule has 2 aliphatic heterocycles. The van der Waals surface area contributed by atoms with Crippen molar-refractivity contribution in [2.45, 2.75) is 6.04 Å². The first kappa shape index (κ1) is 20.7. The molecule has 8 nitrogen and oxygen atoms in total. The number of carbonyl (C=O) groups is 2. The highest BCUT2D eigenvalue weighted by Crippen LogP contribution is 2.41. The number of nitrogens with zero attached hydrogens (tertiary/aromatic N) is 1. The van der Waals surface area contributed by atoms with E-state index in [4.69, 9.17) is 18.9 Å². The molecule has 1 fully saturated rings. The molecule has 1 saturated heterocycles. The van der Waals surface area contributed by atoms with Gasteiger partial charge in [-0.1, -0.05) is 12.1 Å². The summed E-state index contributed by atoms with van der Waals surface area (Å²) in [4.78, 5) is 27.2. The lowest BCUT2D eigenvalue weighted by Crippen LogP contribution is -2.32. The van der Waals surface area contributed by atoms with Gasteiger partial charge in [0, 0.05) is 19.2 Å². The molecule has 2 aromatic carbocycles. The van der Waals surface area contributed by atoms with E-state index in [0.29, 0.717) is 41.6 Å². The fourth-order valence-electron chi connectivity index (χ4n) is 3.78. The van der Waals surface area contributed by atoms with Crippen LogP contribution in [0.3, 0.4) is 0 Å². The largest absolute Gasteiger partial charge is 0.507 e. The Balaban J connectivity index is 1.81. The maximum Gasteiger partial charge on any atom is 0.295 e. The number of methoxy groups -OCH3 is 2. The van der Waals surface area contributed by atoms with Crippen LogP contribution in [0, 0.1) is 0 Å². The van der Waals surface area contributed by atoms with E-state index in [-0.39, 0.29) is 24.5 Å². The molecule has 2 heterocycles. The van der Waals surface area contributed by atoms with Crippen LogP contribution in [0.25, 0.3) is 5.76 Å². The van der Waals surface area contributed by atoms with Gasteiger partial charge in [-0.3, -0.25) is 9.59 Å². The first-order valence-electron chi connectivity index (χ1n) is 9.86. The summed E-state index contributed by atoms with van der Waals surface area (Å²) >= 11 is 0. The minimum atomic E-state index is -0.755. The van der Waals surface area contributed by atoms with Crippen LogP contribution in [0.1, 0.15) is 17.2 Å². The van der Waals surface area contributed by atoms with Crippen LogP contribution in [-0.2, 0) is 14.3 Å². The monoisotopic (exact) mass is 425 g/mol. The van der Waals surface area contributed by atoms with Crippen LogP contribution in [-0.4, -0.2) is 62.3 Å². The minimum absolute atomic E-state index is 0.0166. The summed E-state index contributed by atoms with van der Waals surface area (Å²) < 4.78 is 21.4. The molecule has 8 heteroatoms. The van der Waals surface area contributed by atoms with Crippen molar-refractivity contribution in [2.75, 3.05) is 40.6 Å². The van der Waals surface area contributed by atoms with E-state index >= 15 is 0 Å². The zero-order chi connectivity index (χ0) is 22.0. The number of ether oxygens (including phenoxy) is 4. The van der Waals surface area contributed by atoms with Crippen molar-refractivity contribution < 1.29 is 33.6 Å². The molecule has 4 rings (SSSR count). The topological polar surface area (TPSA) is 94.5 Å². The van der Waals surface area contributed by atoms with Crippen LogP contribution < -0.4 is 14.2 Å². The predicted octanol–water partition coefficient (Wildman–Crippen LogP) is 2.53. The van der Waals surface area contributed by atoms with Gasteiger partial charge in [0.2, 0.25) is 0 Å². The lowest BCUT2D eigenvalue weighted by atomic mass is 9.95. The van der Waals surface area contributed by atoms with E-state index in [0.717, 1.165) is 0 Å². The van der Waals surface area contributed by atoms with E-state index in [1.54, 1.807) is 49.6 Å². The number of aliphatic hydroxyl groups is 1. The maximum atomic E-state index is 13.0. The second-order valence-electron chi connectivity index (χ2n) is 7.12. The molecule has 1 atom stereocenters. The van der Waals surface area contributed by atoms with Crippen molar-refractivity contribution in [1.82, 2.24) is 4.90 Å². The van der Waals surface area contributed by atoms with Crippen molar-refractivity contribution in [3.05, 3.63) is 59.2 Å². The second-order valence-corrected chi connectivity index (χ2v) is 7.12. The average molecular weight is 425 g/mol. The van der Waals surface area contributed by atoms with Gasteiger partial charge in [-0.25, -0.2) is 0 Å². The molecule has 0 spiro atoms. The highest BCUT2D eigenvalue weighted by atomic mass is 16.6. The van der Waals surface area contributed by atoms with Gasteiger partial charge < -0.3 is 29.0 Å². The zero-order valence-corrected chi connectivity index (χ0v) is 17.3. The van der Waals surface area contributed by atoms with Gasteiger partial charge in [-0.2, -0.15) is 0 Å². The summed E-state index contributed by atoms with van der Waals surface area (Å²) in [5, 5.41) is 11.1. The fourth-order valence-corrected chi connectivity index (χ4v) is 3.78. The van der Waals surface area contributed by atoms with Crippen LogP contribution >= 0.6 is 0 Å². The Labute approximate surface area is 179 Å². The van der Waals surface area contributed by atoms with E-state index in [2.05, 4.69) is 0 Å². The molecule has 0 radical (unpaired) electrons. The summed E-state index contributed by atoms with van der Waals surface area (Å²) in [6, 6.07) is 11.2. The highest BCUT2D eigenvalue weighted by Gasteiger charge is 2.45. The molecule has 0 saturated carbocycles. The Kier molecular flexibility index (Phi) is 5.81. The first-order valence-corrected chi connectivity index (χ1v) is 9.86. The van der Waals surface area contributed by atoms with Crippen molar-refractivity contribution in [3.8, 4) is 17.2 Å². The second kappa shape index (κ2) is 8.69. The van der Waals surface area contributed by atoms with Gasteiger partial charge in [-0.05, 0) is 35.9 Å². The lowest BCUT2D eigenvalue weighted by molar-refractivity contribution is -0.140. The highest BCUT2D eigenvalue weighted by molar-refractivity contribution is 6.46. The molecular formula is C23H23NO7. The number of amides is 1. The van der Waals surface area contributed by atoms with Gasteiger partial charge in [0.15, 0.2) is 11.5 Å². The predicted molar refractivity (Wildman–Crippen MR) is 111 cm³/mol. The van der Waals surface area contributed by atoms with Crippen LogP contribution in [0.15, 0.2) is 48.0 Å². The maximum absolute atomic E-state index is 13.0. The summed E-state index contributed by atoms with van der Waals surface area (Å²) in [5.74, 6) is -0.0123. The Morgan fingerprint density at radius 2 is 1.77 bits per heavy atom. The van der Waals surface area contributed by atoms with E-state index in [1.165, 1.54) is 12.0 Å². The fraction of sp³-hybridized carbons (Fsp3) is 0.304.